The number of imidazole rings is 1. The van der Waals surface area contributed by atoms with Crippen LogP contribution >= 0.6 is 11.6 Å². The number of piperidine rings is 1. The fraction of sp³-hybridized carbons (Fsp3) is 0.382. The SMILES string of the molecule is O=C(O)c1cnc2nc(CN3CCC(c4cccc5c4O[C@H](c4ccc(Cl)cc4F)C=C5F)CC3)n([C@@H]3[Si]CC3C3CCO3)c2c1. The van der Waals surface area contributed by atoms with E-state index in [9.17, 15) is 14.3 Å². The standard InChI is InChI=1S/C34H31ClF2N4O4Si/c35-20-4-5-22(25(36)13-20)29-14-26(37)23-3-1-2-21(31(23)45-29)18-6-9-40(10-7-18)16-30-39-32-27(12-19(15-38-32)34(42)43)41(30)33-24(17-46-33)28-8-11-44-28/h1-5,12-15,18,24,28-29,33H,6-11,16-17H2,(H,42,43)/t24?,28?,29-,33+/m0/s1. The van der Waals surface area contributed by atoms with E-state index in [1.807, 2.05) is 12.1 Å². The van der Waals surface area contributed by atoms with Crippen LogP contribution in [0.15, 0.2) is 54.7 Å². The van der Waals surface area contributed by atoms with Crippen LogP contribution in [0.2, 0.25) is 11.1 Å². The van der Waals surface area contributed by atoms with E-state index in [4.69, 9.17) is 26.1 Å². The zero-order valence-electron chi connectivity index (χ0n) is 24.8. The van der Waals surface area contributed by atoms with Gasteiger partial charge in [-0.15, -0.1) is 0 Å². The summed E-state index contributed by atoms with van der Waals surface area (Å²) in [6.07, 6.45) is 4.76. The Morgan fingerprint density at radius 3 is 2.63 bits per heavy atom. The lowest BCUT2D eigenvalue weighted by Gasteiger charge is -2.46. The Morgan fingerprint density at radius 1 is 1.11 bits per heavy atom. The summed E-state index contributed by atoms with van der Waals surface area (Å²) in [5.41, 5.74) is 3.26. The number of aromatic carboxylic acids is 1. The minimum Gasteiger partial charge on any atom is -0.480 e. The Labute approximate surface area is 271 Å². The molecule has 0 amide bonds. The summed E-state index contributed by atoms with van der Waals surface area (Å²) in [5, 5.41) is 9.92. The van der Waals surface area contributed by atoms with Gasteiger partial charge in [0, 0.05) is 35.0 Å². The lowest BCUT2D eigenvalue weighted by molar-refractivity contribution is -0.0906. The molecule has 4 aliphatic heterocycles. The van der Waals surface area contributed by atoms with E-state index in [1.165, 1.54) is 24.4 Å². The molecular weight excluding hydrogens is 630 g/mol. The Balaban J connectivity index is 1.02. The number of nitrogens with zero attached hydrogens (tertiary/aromatic N) is 4. The number of carbonyl (C=O) groups is 1. The molecule has 2 aromatic heterocycles. The number of carboxylic acid groups (broad SMARTS) is 1. The van der Waals surface area contributed by atoms with Crippen LogP contribution in [0.4, 0.5) is 8.78 Å². The Morgan fingerprint density at radius 2 is 1.93 bits per heavy atom. The molecule has 0 aliphatic carbocycles. The molecule has 0 spiro atoms. The number of carboxylic acids is 1. The molecule has 8 nitrogen and oxygen atoms in total. The van der Waals surface area contributed by atoms with Crippen molar-refractivity contribution in [2.24, 2.45) is 5.92 Å². The maximum absolute atomic E-state index is 15.3. The van der Waals surface area contributed by atoms with Gasteiger partial charge in [0.05, 0.1) is 38.8 Å². The average molecular weight is 661 g/mol. The molecule has 12 heteroatoms. The van der Waals surface area contributed by atoms with E-state index in [-0.39, 0.29) is 33.8 Å². The Bertz CT molecular complexity index is 1870. The van der Waals surface area contributed by atoms with Gasteiger partial charge < -0.3 is 19.1 Å². The smallest absolute Gasteiger partial charge is 0.337 e. The molecular formula is C34H31ClF2N4O4Si. The van der Waals surface area contributed by atoms with Gasteiger partial charge in [0.1, 0.15) is 29.3 Å². The van der Waals surface area contributed by atoms with Gasteiger partial charge in [-0.1, -0.05) is 35.8 Å². The van der Waals surface area contributed by atoms with Crippen molar-refractivity contribution in [2.75, 3.05) is 19.7 Å². The molecule has 4 atom stereocenters. The van der Waals surface area contributed by atoms with Crippen LogP contribution in [0.5, 0.6) is 5.75 Å². The van der Waals surface area contributed by atoms with E-state index < -0.39 is 23.7 Å². The normalized spacial score (nSPS) is 24.9. The predicted octanol–water partition coefficient (Wildman–Crippen LogP) is 6.79. The van der Waals surface area contributed by atoms with E-state index in [2.05, 4.69) is 14.5 Å². The lowest BCUT2D eigenvalue weighted by atomic mass is 9.86. The number of rotatable bonds is 7. The molecule has 2 radical (unpaired) electrons. The molecule has 6 heterocycles. The summed E-state index contributed by atoms with van der Waals surface area (Å²) in [7, 11) is 0.713. The summed E-state index contributed by atoms with van der Waals surface area (Å²) in [5.74, 6) is -0.0761. The fourth-order valence-corrected chi connectivity index (χ4v) is 9.02. The molecule has 3 fully saturated rings. The fourth-order valence-electron chi connectivity index (χ4n) is 7.20. The molecule has 2 unspecified atom stereocenters. The third kappa shape index (κ3) is 5.23. The molecule has 46 heavy (non-hydrogen) atoms. The Kier molecular flexibility index (Phi) is 7.67. The van der Waals surface area contributed by atoms with Crippen molar-refractivity contribution < 1.29 is 28.2 Å². The van der Waals surface area contributed by atoms with Gasteiger partial charge in [0.2, 0.25) is 0 Å². The molecule has 4 aliphatic rings. The minimum absolute atomic E-state index is 0.139. The number of hydrogen-bond donors (Lipinski definition) is 1. The van der Waals surface area contributed by atoms with Crippen LogP contribution in [0, 0.1) is 11.7 Å². The zero-order valence-corrected chi connectivity index (χ0v) is 26.6. The highest BCUT2D eigenvalue weighted by molar-refractivity contribution is 6.41. The van der Waals surface area contributed by atoms with Crippen LogP contribution < -0.4 is 4.74 Å². The second-order valence-electron chi connectivity index (χ2n) is 12.5. The second kappa shape index (κ2) is 11.9. The van der Waals surface area contributed by atoms with Gasteiger partial charge in [0.15, 0.2) is 5.65 Å². The first-order valence-electron chi connectivity index (χ1n) is 15.6. The molecule has 4 aromatic rings. The van der Waals surface area contributed by atoms with Crippen LogP contribution in [0.3, 0.4) is 0 Å². The molecule has 3 saturated heterocycles. The van der Waals surface area contributed by atoms with Gasteiger partial charge in [-0.3, -0.25) is 4.90 Å². The molecule has 0 bridgehead atoms. The number of fused-ring (bicyclic) bond motifs is 2. The van der Waals surface area contributed by atoms with Gasteiger partial charge in [-0.05, 0) is 74.2 Å². The molecule has 8 rings (SSSR count). The molecule has 1 N–H and O–H groups in total. The highest BCUT2D eigenvalue weighted by Crippen LogP contribution is 2.46. The van der Waals surface area contributed by atoms with Gasteiger partial charge >= 0.3 is 5.97 Å². The average Bonchev–Trinajstić information content (AvgIpc) is 3.34. The van der Waals surface area contributed by atoms with Crippen LogP contribution in [-0.4, -0.2) is 65.8 Å². The first-order valence-corrected chi connectivity index (χ1v) is 17.3. The minimum atomic E-state index is -1.01. The number of benzene rings is 2. The first kappa shape index (κ1) is 29.7. The molecule has 236 valence electrons. The van der Waals surface area contributed by atoms with E-state index >= 15 is 4.39 Å². The monoisotopic (exact) mass is 660 g/mol. The summed E-state index contributed by atoms with van der Waals surface area (Å²) in [4.78, 5) is 23.5. The number of halogens is 3. The Hall–Kier alpha value is -3.64. The predicted molar refractivity (Wildman–Crippen MR) is 169 cm³/mol. The van der Waals surface area contributed by atoms with Gasteiger partial charge in [0.25, 0.3) is 0 Å². The van der Waals surface area contributed by atoms with Gasteiger partial charge in [-0.2, -0.15) is 0 Å². The van der Waals surface area contributed by atoms with E-state index in [0.29, 0.717) is 38.9 Å². The summed E-state index contributed by atoms with van der Waals surface area (Å²) >= 11 is 5.95. The number of ether oxygens (including phenoxy) is 2. The van der Waals surface area contributed by atoms with Crippen molar-refractivity contribution in [1.29, 1.82) is 0 Å². The number of likely N-dealkylation sites (tertiary alicyclic amines) is 1. The third-order valence-electron chi connectivity index (χ3n) is 9.83. The van der Waals surface area contributed by atoms with Crippen LogP contribution in [0.25, 0.3) is 17.0 Å². The lowest BCUT2D eigenvalue weighted by Crippen LogP contribution is -2.48. The highest BCUT2D eigenvalue weighted by atomic mass is 35.5. The van der Waals surface area contributed by atoms with Crippen molar-refractivity contribution in [3.05, 3.63) is 93.7 Å². The highest BCUT2D eigenvalue weighted by Gasteiger charge is 2.43. The largest absolute Gasteiger partial charge is 0.480 e. The first-order chi connectivity index (χ1) is 22.3. The van der Waals surface area contributed by atoms with Crippen LogP contribution in [-0.2, 0) is 11.3 Å². The number of aromatic nitrogens is 3. The van der Waals surface area contributed by atoms with Crippen molar-refractivity contribution in [3.8, 4) is 5.75 Å². The second-order valence-corrected chi connectivity index (χ2v) is 14.3. The van der Waals surface area contributed by atoms with Crippen molar-refractivity contribution in [1.82, 2.24) is 19.4 Å². The topological polar surface area (TPSA) is 89.7 Å². The third-order valence-corrected chi connectivity index (χ3v) is 11.9. The molecule has 2 aromatic carbocycles. The van der Waals surface area contributed by atoms with Crippen molar-refractivity contribution in [2.45, 2.75) is 55.6 Å². The zero-order chi connectivity index (χ0) is 31.5. The van der Waals surface area contributed by atoms with E-state index in [0.717, 1.165) is 61.9 Å². The molecule has 0 saturated carbocycles. The quantitative estimate of drug-likeness (QED) is 0.219. The summed E-state index contributed by atoms with van der Waals surface area (Å²) < 4.78 is 44.5. The van der Waals surface area contributed by atoms with E-state index in [1.54, 1.807) is 18.2 Å². The number of para-hydroxylation sites is 1. The maximum atomic E-state index is 15.3. The van der Waals surface area contributed by atoms with Crippen molar-refractivity contribution in [3.63, 3.8) is 0 Å². The summed E-state index contributed by atoms with van der Waals surface area (Å²) in [6.45, 7) is 3.00. The van der Waals surface area contributed by atoms with Gasteiger partial charge in [-0.25, -0.2) is 23.5 Å². The number of hydrogen-bond acceptors (Lipinski definition) is 6. The maximum Gasteiger partial charge on any atom is 0.337 e. The van der Waals surface area contributed by atoms with Crippen molar-refractivity contribution >= 4 is 44.1 Å². The van der Waals surface area contributed by atoms with Crippen LogP contribution in [0.1, 0.15) is 69.8 Å². The summed E-state index contributed by atoms with van der Waals surface area (Å²) in [6, 6.07) is 12.7. The number of pyridine rings is 1.